The van der Waals surface area contributed by atoms with Gasteiger partial charge in [-0.1, -0.05) is 69.3 Å². The highest BCUT2D eigenvalue weighted by atomic mass is 32.2. The number of hydrogen-bond acceptors (Lipinski definition) is 6. The SMILES string of the molecule is CCC[C@H](NC(=O)[C@H](C)Sc1nnc(N2CCOCC2)n1CC(C)C)c1ccccc1. The minimum atomic E-state index is -0.268. The number of morpholine rings is 1. The highest BCUT2D eigenvalue weighted by Gasteiger charge is 2.25. The van der Waals surface area contributed by atoms with Crippen molar-refractivity contribution < 1.29 is 9.53 Å². The highest BCUT2D eigenvalue weighted by molar-refractivity contribution is 8.00. The molecule has 1 saturated heterocycles. The number of benzene rings is 1. The number of nitrogens with one attached hydrogen (secondary N) is 1. The van der Waals surface area contributed by atoms with Gasteiger partial charge in [0.1, 0.15) is 0 Å². The molecule has 1 aromatic heterocycles. The molecule has 1 aliphatic rings. The Morgan fingerprint density at radius 1 is 1.16 bits per heavy atom. The summed E-state index contributed by atoms with van der Waals surface area (Å²) in [5, 5.41) is 12.7. The number of hydrogen-bond donors (Lipinski definition) is 1. The molecule has 0 spiro atoms. The van der Waals surface area contributed by atoms with Crippen LogP contribution in [-0.4, -0.2) is 52.2 Å². The second-order valence-corrected chi connectivity index (χ2v) is 9.72. The van der Waals surface area contributed by atoms with Crippen LogP contribution in [0.25, 0.3) is 0 Å². The molecule has 3 rings (SSSR count). The van der Waals surface area contributed by atoms with Crippen LogP contribution in [-0.2, 0) is 16.1 Å². The normalized spacial score (nSPS) is 16.4. The van der Waals surface area contributed by atoms with Crippen molar-refractivity contribution in [3.05, 3.63) is 35.9 Å². The molecule has 0 unspecified atom stereocenters. The number of thioether (sulfide) groups is 1. The molecular formula is C23H35N5O2S. The summed E-state index contributed by atoms with van der Waals surface area (Å²) in [5.74, 6) is 1.35. The van der Waals surface area contributed by atoms with Gasteiger partial charge in [-0.3, -0.25) is 9.36 Å². The summed E-state index contributed by atoms with van der Waals surface area (Å²) >= 11 is 1.48. The maximum atomic E-state index is 13.0. The van der Waals surface area contributed by atoms with Crippen LogP contribution in [0.2, 0.25) is 0 Å². The van der Waals surface area contributed by atoms with Crippen LogP contribution in [0.4, 0.5) is 5.95 Å². The molecule has 7 nitrogen and oxygen atoms in total. The van der Waals surface area contributed by atoms with Crippen molar-refractivity contribution in [1.29, 1.82) is 0 Å². The number of rotatable bonds is 10. The quantitative estimate of drug-likeness (QED) is 0.559. The lowest BCUT2D eigenvalue weighted by Crippen LogP contribution is -2.38. The van der Waals surface area contributed by atoms with Crippen LogP contribution in [0, 0.1) is 5.92 Å². The zero-order valence-corrected chi connectivity index (χ0v) is 19.9. The summed E-state index contributed by atoms with van der Waals surface area (Å²) in [6.07, 6.45) is 1.92. The van der Waals surface area contributed by atoms with Crippen molar-refractivity contribution in [2.45, 2.75) is 63.5 Å². The van der Waals surface area contributed by atoms with E-state index in [1.807, 2.05) is 25.1 Å². The smallest absolute Gasteiger partial charge is 0.233 e. The Bertz CT molecular complexity index is 821. The Kier molecular flexibility index (Phi) is 8.78. The summed E-state index contributed by atoms with van der Waals surface area (Å²) in [7, 11) is 0. The van der Waals surface area contributed by atoms with E-state index in [1.165, 1.54) is 11.8 Å². The van der Waals surface area contributed by atoms with Gasteiger partial charge < -0.3 is 15.0 Å². The van der Waals surface area contributed by atoms with Gasteiger partial charge in [0, 0.05) is 19.6 Å². The molecule has 1 aliphatic heterocycles. The van der Waals surface area contributed by atoms with E-state index in [0.717, 1.165) is 49.1 Å². The third-order valence-electron chi connectivity index (χ3n) is 5.29. The Balaban J connectivity index is 1.71. The standard InChI is InChI=1S/C23H35N5O2S/c1-5-9-20(19-10-7-6-8-11-19)24-21(29)18(4)31-23-26-25-22(28(23)16-17(2)3)27-12-14-30-15-13-27/h6-8,10-11,17-18,20H,5,9,12-16H2,1-4H3,(H,24,29)/t18-,20-/m0/s1. The van der Waals surface area contributed by atoms with Gasteiger partial charge in [0.25, 0.3) is 0 Å². The maximum absolute atomic E-state index is 13.0. The first-order valence-corrected chi connectivity index (χ1v) is 12.2. The van der Waals surface area contributed by atoms with E-state index in [0.29, 0.717) is 19.1 Å². The molecule has 0 aliphatic carbocycles. The number of amides is 1. The first kappa shape index (κ1) is 23.6. The van der Waals surface area contributed by atoms with Crippen LogP contribution in [0.15, 0.2) is 35.5 Å². The number of carbonyl (C=O) groups is 1. The van der Waals surface area contributed by atoms with Crippen molar-refractivity contribution in [3.8, 4) is 0 Å². The van der Waals surface area contributed by atoms with E-state index < -0.39 is 0 Å². The Hall–Kier alpha value is -2.06. The zero-order valence-electron chi connectivity index (χ0n) is 19.1. The van der Waals surface area contributed by atoms with E-state index in [2.05, 4.69) is 57.9 Å². The molecule has 1 N–H and O–H groups in total. The Morgan fingerprint density at radius 2 is 1.87 bits per heavy atom. The lowest BCUT2D eigenvalue weighted by Gasteiger charge is -2.28. The summed E-state index contributed by atoms with van der Waals surface area (Å²) in [5.41, 5.74) is 1.15. The number of anilines is 1. The van der Waals surface area contributed by atoms with Crippen LogP contribution >= 0.6 is 11.8 Å². The number of aromatic nitrogens is 3. The van der Waals surface area contributed by atoms with Gasteiger partial charge in [-0.2, -0.15) is 0 Å². The topological polar surface area (TPSA) is 72.3 Å². The largest absolute Gasteiger partial charge is 0.378 e. The van der Waals surface area contributed by atoms with E-state index in [-0.39, 0.29) is 17.2 Å². The fourth-order valence-corrected chi connectivity index (χ4v) is 4.55. The molecule has 2 heterocycles. The van der Waals surface area contributed by atoms with Crippen LogP contribution in [0.1, 0.15) is 52.1 Å². The van der Waals surface area contributed by atoms with Gasteiger partial charge >= 0.3 is 0 Å². The highest BCUT2D eigenvalue weighted by Crippen LogP contribution is 2.28. The summed E-state index contributed by atoms with van der Waals surface area (Å²) in [6.45, 7) is 12.3. The fraction of sp³-hybridized carbons (Fsp3) is 0.609. The molecule has 1 fully saturated rings. The monoisotopic (exact) mass is 445 g/mol. The van der Waals surface area contributed by atoms with Crippen LogP contribution in [0.5, 0.6) is 0 Å². The first-order valence-electron chi connectivity index (χ1n) is 11.3. The predicted octanol–water partition coefficient (Wildman–Crippen LogP) is 3.91. The third-order valence-corrected chi connectivity index (χ3v) is 6.37. The average molecular weight is 446 g/mol. The molecule has 0 bridgehead atoms. The number of carbonyl (C=O) groups excluding carboxylic acids is 1. The molecule has 8 heteroatoms. The van der Waals surface area contributed by atoms with Gasteiger partial charge in [-0.25, -0.2) is 0 Å². The molecular weight excluding hydrogens is 410 g/mol. The lowest BCUT2D eigenvalue weighted by molar-refractivity contribution is -0.121. The summed E-state index contributed by atoms with van der Waals surface area (Å²) < 4.78 is 7.64. The zero-order chi connectivity index (χ0) is 22.2. The minimum absolute atomic E-state index is 0.0270. The molecule has 2 aromatic rings. The minimum Gasteiger partial charge on any atom is -0.378 e. The summed E-state index contributed by atoms with van der Waals surface area (Å²) in [6, 6.07) is 10.2. The predicted molar refractivity (Wildman–Crippen MR) is 125 cm³/mol. The van der Waals surface area contributed by atoms with E-state index in [9.17, 15) is 4.79 Å². The van der Waals surface area contributed by atoms with Crippen molar-refractivity contribution in [1.82, 2.24) is 20.1 Å². The van der Waals surface area contributed by atoms with E-state index >= 15 is 0 Å². The van der Waals surface area contributed by atoms with Gasteiger partial charge in [-0.05, 0) is 24.8 Å². The van der Waals surface area contributed by atoms with E-state index in [4.69, 9.17) is 4.74 Å². The Morgan fingerprint density at radius 3 is 2.52 bits per heavy atom. The molecule has 31 heavy (non-hydrogen) atoms. The van der Waals surface area contributed by atoms with Crippen molar-refractivity contribution >= 4 is 23.6 Å². The third kappa shape index (κ3) is 6.46. The van der Waals surface area contributed by atoms with Gasteiger partial charge in [0.2, 0.25) is 11.9 Å². The van der Waals surface area contributed by atoms with E-state index in [1.54, 1.807) is 0 Å². The van der Waals surface area contributed by atoms with Crippen LogP contribution in [0.3, 0.4) is 0 Å². The van der Waals surface area contributed by atoms with Gasteiger partial charge in [0.05, 0.1) is 24.5 Å². The molecule has 1 aromatic carbocycles. The van der Waals surface area contributed by atoms with Crippen molar-refractivity contribution in [2.75, 3.05) is 31.2 Å². The maximum Gasteiger partial charge on any atom is 0.233 e. The van der Waals surface area contributed by atoms with Crippen molar-refractivity contribution in [2.24, 2.45) is 5.92 Å². The number of ether oxygens (including phenoxy) is 1. The molecule has 0 saturated carbocycles. The first-order chi connectivity index (χ1) is 15.0. The van der Waals surface area contributed by atoms with Crippen LogP contribution < -0.4 is 10.2 Å². The number of nitrogens with zero attached hydrogens (tertiary/aromatic N) is 4. The molecule has 0 radical (unpaired) electrons. The fourth-order valence-electron chi connectivity index (χ4n) is 3.69. The second kappa shape index (κ2) is 11.5. The molecule has 1 amide bonds. The second-order valence-electron chi connectivity index (χ2n) is 8.41. The Labute approximate surface area is 189 Å². The molecule has 2 atom stereocenters. The van der Waals surface area contributed by atoms with Gasteiger partial charge in [-0.15, -0.1) is 10.2 Å². The van der Waals surface area contributed by atoms with Crippen molar-refractivity contribution in [3.63, 3.8) is 0 Å². The van der Waals surface area contributed by atoms with Gasteiger partial charge in [0.15, 0.2) is 5.16 Å². The summed E-state index contributed by atoms with van der Waals surface area (Å²) in [4.78, 5) is 15.3. The average Bonchev–Trinajstić information content (AvgIpc) is 3.16. The lowest BCUT2D eigenvalue weighted by atomic mass is 10.0. The molecule has 170 valence electrons.